The van der Waals surface area contributed by atoms with Crippen molar-refractivity contribution in [2.24, 2.45) is 0 Å². The first-order valence-electron chi connectivity index (χ1n) is 16.8. The van der Waals surface area contributed by atoms with Gasteiger partial charge in [-0.1, -0.05) is 182 Å². The molecule has 8 rings (SSSR count). The first-order chi connectivity index (χ1) is 24.3. The Kier molecular flexibility index (Phi) is 8.39. The van der Waals surface area contributed by atoms with Crippen LogP contribution in [0.4, 0.5) is 17.1 Å². The Balaban J connectivity index is 1.26. The molecule has 0 atom stereocenters. The van der Waals surface area contributed by atoms with Gasteiger partial charge in [0.15, 0.2) is 0 Å². The predicted molar refractivity (Wildman–Crippen MR) is 208 cm³/mol. The normalized spacial score (nSPS) is 10.9. The van der Waals surface area contributed by atoms with E-state index in [4.69, 9.17) is 0 Å². The maximum atomic E-state index is 2.38. The van der Waals surface area contributed by atoms with Crippen molar-refractivity contribution in [1.29, 1.82) is 0 Å². The molecule has 0 aliphatic carbocycles. The third-order valence-corrected chi connectivity index (χ3v) is 9.11. The van der Waals surface area contributed by atoms with Gasteiger partial charge in [0.05, 0.1) is 5.69 Å². The molecule has 0 spiro atoms. The molecule has 8 aromatic rings. The Morgan fingerprint density at radius 1 is 0.224 bits per heavy atom. The van der Waals surface area contributed by atoms with Gasteiger partial charge < -0.3 is 4.90 Å². The lowest BCUT2D eigenvalue weighted by molar-refractivity contribution is 1.28. The van der Waals surface area contributed by atoms with Crippen LogP contribution < -0.4 is 4.90 Å². The van der Waals surface area contributed by atoms with E-state index in [-0.39, 0.29) is 0 Å². The molecule has 0 aliphatic heterocycles. The number of anilines is 3. The van der Waals surface area contributed by atoms with Crippen LogP contribution in [0.1, 0.15) is 0 Å². The fourth-order valence-corrected chi connectivity index (χ4v) is 6.74. The zero-order valence-corrected chi connectivity index (χ0v) is 27.2. The molecular weight excluding hydrogens is 591 g/mol. The van der Waals surface area contributed by atoms with Crippen LogP contribution in [0.5, 0.6) is 0 Å². The van der Waals surface area contributed by atoms with Gasteiger partial charge in [-0.3, -0.25) is 0 Å². The molecule has 0 bridgehead atoms. The number of nitrogens with zero attached hydrogens (tertiary/aromatic N) is 1. The molecule has 1 nitrogen and oxygen atoms in total. The quantitative estimate of drug-likeness (QED) is 0.162. The Labute approximate surface area is 289 Å². The summed E-state index contributed by atoms with van der Waals surface area (Å²) in [4.78, 5) is 2.38. The molecule has 1 heteroatoms. The SMILES string of the molecule is c1ccc(-c2ccc(-c3ccccc3)c(N(c3ccccc3)c3ccc(-c4ccccc4-c4ccccc4-c4ccccc4)cc3)c2)cc1. The molecule has 232 valence electrons. The minimum atomic E-state index is 1.10. The molecule has 0 N–H and O–H groups in total. The first-order valence-corrected chi connectivity index (χ1v) is 16.8. The molecule has 0 fully saturated rings. The summed E-state index contributed by atoms with van der Waals surface area (Å²) in [6.45, 7) is 0. The van der Waals surface area contributed by atoms with Gasteiger partial charge in [-0.05, 0) is 80.4 Å². The van der Waals surface area contributed by atoms with E-state index in [9.17, 15) is 0 Å². The minimum absolute atomic E-state index is 1.10. The molecule has 0 heterocycles. The highest BCUT2D eigenvalue weighted by Gasteiger charge is 2.19. The van der Waals surface area contributed by atoms with Crippen LogP contribution in [0, 0.1) is 0 Å². The van der Waals surface area contributed by atoms with Gasteiger partial charge in [-0.25, -0.2) is 0 Å². The van der Waals surface area contributed by atoms with E-state index >= 15 is 0 Å². The molecular formula is C48H35N. The zero-order valence-electron chi connectivity index (χ0n) is 27.2. The Morgan fingerprint density at radius 3 is 1.12 bits per heavy atom. The summed E-state index contributed by atoms with van der Waals surface area (Å²) in [6.07, 6.45) is 0. The molecule has 0 saturated heterocycles. The molecule has 0 radical (unpaired) electrons. The summed E-state index contributed by atoms with van der Waals surface area (Å²) in [7, 11) is 0. The second-order valence-corrected chi connectivity index (χ2v) is 12.1. The van der Waals surface area contributed by atoms with E-state index in [1.54, 1.807) is 0 Å². The van der Waals surface area contributed by atoms with Crippen LogP contribution in [-0.4, -0.2) is 0 Å². The van der Waals surface area contributed by atoms with Crippen molar-refractivity contribution in [3.8, 4) is 55.6 Å². The van der Waals surface area contributed by atoms with Gasteiger partial charge in [0.2, 0.25) is 0 Å². The molecule has 0 unspecified atom stereocenters. The van der Waals surface area contributed by atoms with Crippen molar-refractivity contribution in [2.75, 3.05) is 4.90 Å². The smallest absolute Gasteiger partial charge is 0.0546 e. The Bertz CT molecular complexity index is 2290. The van der Waals surface area contributed by atoms with Gasteiger partial charge in [0, 0.05) is 16.9 Å². The molecule has 0 aliphatic rings. The van der Waals surface area contributed by atoms with Crippen molar-refractivity contribution < 1.29 is 0 Å². The fourth-order valence-electron chi connectivity index (χ4n) is 6.74. The predicted octanol–water partition coefficient (Wildman–Crippen LogP) is 13.5. The third-order valence-electron chi connectivity index (χ3n) is 9.11. The third kappa shape index (κ3) is 6.18. The number of hydrogen-bond donors (Lipinski definition) is 0. The lowest BCUT2D eigenvalue weighted by Gasteiger charge is -2.29. The van der Waals surface area contributed by atoms with Crippen LogP contribution >= 0.6 is 0 Å². The van der Waals surface area contributed by atoms with Crippen molar-refractivity contribution in [3.05, 3.63) is 212 Å². The lowest BCUT2D eigenvalue weighted by atomic mass is 9.89. The summed E-state index contributed by atoms with van der Waals surface area (Å²) in [5, 5.41) is 0. The summed E-state index contributed by atoms with van der Waals surface area (Å²) < 4.78 is 0. The highest BCUT2D eigenvalue weighted by molar-refractivity contribution is 5.94. The van der Waals surface area contributed by atoms with Gasteiger partial charge in [-0.2, -0.15) is 0 Å². The molecule has 49 heavy (non-hydrogen) atoms. The average Bonchev–Trinajstić information content (AvgIpc) is 3.20. The summed E-state index contributed by atoms with van der Waals surface area (Å²) in [6, 6.07) is 75.9. The van der Waals surface area contributed by atoms with Crippen molar-refractivity contribution in [2.45, 2.75) is 0 Å². The summed E-state index contributed by atoms with van der Waals surface area (Å²) in [5.74, 6) is 0. The van der Waals surface area contributed by atoms with E-state index in [0.717, 1.165) is 17.1 Å². The number of benzene rings is 8. The van der Waals surface area contributed by atoms with E-state index in [1.807, 2.05) is 0 Å². The van der Waals surface area contributed by atoms with Crippen LogP contribution in [0.15, 0.2) is 212 Å². The van der Waals surface area contributed by atoms with Crippen LogP contribution in [-0.2, 0) is 0 Å². The first kappa shape index (κ1) is 29.9. The van der Waals surface area contributed by atoms with E-state index in [2.05, 4.69) is 217 Å². The van der Waals surface area contributed by atoms with Gasteiger partial charge in [-0.15, -0.1) is 0 Å². The van der Waals surface area contributed by atoms with E-state index in [0.29, 0.717) is 0 Å². The number of rotatable bonds is 8. The summed E-state index contributed by atoms with van der Waals surface area (Å²) >= 11 is 0. The highest BCUT2D eigenvalue weighted by Crippen LogP contribution is 2.44. The van der Waals surface area contributed by atoms with Crippen LogP contribution in [0.2, 0.25) is 0 Å². The average molecular weight is 626 g/mol. The molecule has 0 aromatic heterocycles. The Hall–Kier alpha value is -6.44. The number of para-hydroxylation sites is 1. The van der Waals surface area contributed by atoms with Crippen LogP contribution in [0.3, 0.4) is 0 Å². The lowest BCUT2D eigenvalue weighted by Crippen LogP contribution is -2.11. The molecule has 0 saturated carbocycles. The Morgan fingerprint density at radius 2 is 0.592 bits per heavy atom. The monoisotopic (exact) mass is 625 g/mol. The zero-order chi connectivity index (χ0) is 32.8. The van der Waals surface area contributed by atoms with Gasteiger partial charge >= 0.3 is 0 Å². The van der Waals surface area contributed by atoms with Gasteiger partial charge in [0.1, 0.15) is 0 Å². The highest BCUT2D eigenvalue weighted by atomic mass is 15.1. The topological polar surface area (TPSA) is 3.24 Å². The molecule has 0 amide bonds. The summed E-state index contributed by atoms with van der Waals surface area (Å²) in [5.41, 5.74) is 15.3. The fraction of sp³-hybridized carbons (Fsp3) is 0. The van der Waals surface area contributed by atoms with E-state index < -0.39 is 0 Å². The van der Waals surface area contributed by atoms with Crippen LogP contribution in [0.25, 0.3) is 55.6 Å². The largest absolute Gasteiger partial charge is 0.310 e. The molecule has 8 aromatic carbocycles. The van der Waals surface area contributed by atoms with Crippen molar-refractivity contribution in [1.82, 2.24) is 0 Å². The second kappa shape index (κ2) is 13.7. The van der Waals surface area contributed by atoms with E-state index in [1.165, 1.54) is 55.6 Å². The standard InChI is InChI=1S/C48H35N/c1-5-17-36(18-6-1)40-31-34-45(38-21-9-3-10-22-38)48(35-40)49(41-23-11-4-12-24-41)42-32-29-39(30-33-42)44-26-14-16-28-47(44)46-27-15-13-25-43(46)37-19-7-2-8-20-37/h1-35H. The maximum Gasteiger partial charge on any atom is 0.0546 e. The van der Waals surface area contributed by atoms with Gasteiger partial charge in [0.25, 0.3) is 0 Å². The minimum Gasteiger partial charge on any atom is -0.310 e. The second-order valence-electron chi connectivity index (χ2n) is 12.1. The van der Waals surface area contributed by atoms with Crippen molar-refractivity contribution in [3.63, 3.8) is 0 Å². The van der Waals surface area contributed by atoms with Crippen molar-refractivity contribution >= 4 is 17.1 Å². The maximum absolute atomic E-state index is 2.38. The number of hydrogen-bond acceptors (Lipinski definition) is 1.